The molecule has 1 aliphatic carbocycles. The maximum Gasteiger partial charge on any atom is 0.167 e. The monoisotopic (exact) mass is 262 g/mol. The molecule has 1 heterocycles. The molecule has 1 saturated carbocycles. The van der Waals surface area contributed by atoms with Crippen molar-refractivity contribution in [2.45, 2.75) is 45.1 Å². The van der Waals surface area contributed by atoms with E-state index in [-0.39, 0.29) is 17.7 Å². The van der Waals surface area contributed by atoms with Gasteiger partial charge >= 0.3 is 0 Å². The van der Waals surface area contributed by atoms with Crippen LogP contribution in [0.15, 0.2) is 18.5 Å². The Bertz CT molecular complexity index is 434. The SMILES string of the molecule is CCCOc1cncc(C(=O)C2CCCC(N)C2)c1. The van der Waals surface area contributed by atoms with E-state index in [0.29, 0.717) is 17.9 Å². The molecule has 1 aromatic rings. The molecule has 19 heavy (non-hydrogen) atoms. The van der Waals surface area contributed by atoms with Gasteiger partial charge in [0.05, 0.1) is 12.8 Å². The van der Waals surface area contributed by atoms with E-state index in [1.165, 1.54) is 0 Å². The van der Waals surface area contributed by atoms with Gasteiger partial charge in [0, 0.05) is 23.7 Å². The Morgan fingerprint density at radius 2 is 2.32 bits per heavy atom. The molecule has 4 heteroatoms. The third-order valence-corrected chi connectivity index (χ3v) is 3.56. The summed E-state index contributed by atoms with van der Waals surface area (Å²) in [6, 6.07) is 1.96. The zero-order chi connectivity index (χ0) is 13.7. The van der Waals surface area contributed by atoms with Crippen LogP contribution in [0.1, 0.15) is 49.4 Å². The van der Waals surface area contributed by atoms with E-state index in [1.54, 1.807) is 18.5 Å². The van der Waals surface area contributed by atoms with Gasteiger partial charge in [0.25, 0.3) is 0 Å². The minimum atomic E-state index is 0.0481. The Morgan fingerprint density at radius 3 is 3.05 bits per heavy atom. The molecule has 0 spiro atoms. The first kappa shape index (κ1) is 14.0. The summed E-state index contributed by atoms with van der Waals surface area (Å²) in [5, 5.41) is 0. The molecule has 2 unspecified atom stereocenters. The van der Waals surface area contributed by atoms with Gasteiger partial charge in [-0.3, -0.25) is 9.78 Å². The van der Waals surface area contributed by atoms with Crippen LogP contribution in [0.4, 0.5) is 0 Å². The number of pyridine rings is 1. The largest absolute Gasteiger partial charge is 0.492 e. The predicted octanol–water partition coefficient (Wildman–Crippen LogP) is 2.57. The van der Waals surface area contributed by atoms with Crippen molar-refractivity contribution in [2.75, 3.05) is 6.61 Å². The minimum absolute atomic E-state index is 0.0481. The zero-order valence-electron chi connectivity index (χ0n) is 11.5. The van der Waals surface area contributed by atoms with Gasteiger partial charge in [0.1, 0.15) is 5.75 Å². The summed E-state index contributed by atoms with van der Waals surface area (Å²) >= 11 is 0. The smallest absolute Gasteiger partial charge is 0.167 e. The van der Waals surface area contributed by atoms with Crippen molar-refractivity contribution in [2.24, 2.45) is 11.7 Å². The third-order valence-electron chi connectivity index (χ3n) is 3.56. The van der Waals surface area contributed by atoms with Crippen molar-refractivity contribution in [3.8, 4) is 5.75 Å². The molecule has 1 aliphatic rings. The van der Waals surface area contributed by atoms with E-state index in [2.05, 4.69) is 4.98 Å². The van der Waals surface area contributed by atoms with Crippen molar-refractivity contribution in [1.82, 2.24) is 4.98 Å². The standard InChI is InChI=1S/C15H22N2O2/c1-2-6-19-14-8-12(9-17-10-14)15(18)11-4-3-5-13(16)7-11/h8-11,13H,2-7,16H2,1H3. The summed E-state index contributed by atoms with van der Waals surface area (Å²) in [6.07, 6.45) is 8.01. The van der Waals surface area contributed by atoms with Crippen LogP contribution in [-0.4, -0.2) is 23.4 Å². The first-order chi connectivity index (χ1) is 9.20. The zero-order valence-corrected chi connectivity index (χ0v) is 11.5. The third kappa shape index (κ3) is 3.77. The highest BCUT2D eigenvalue weighted by atomic mass is 16.5. The highest BCUT2D eigenvalue weighted by Gasteiger charge is 2.26. The van der Waals surface area contributed by atoms with E-state index < -0.39 is 0 Å². The fraction of sp³-hybridized carbons (Fsp3) is 0.600. The van der Waals surface area contributed by atoms with Gasteiger partial charge in [-0.15, -0.1) is 0 Å². The maximum absolute atomic E-state index is 12.4. The second-order valence-corrected chi connectivity index (χ2v) is 5.25. The van der Waals surface area contributed by atoms with Crippen LogP contribution in [-0.2, 0) is 0 Å². The Morgan fingerprint density at radius 1 is 1.47 bits per heavy atom. The molecule has 4 nitrogen and oxygen atoms in total. The summed E-state index contributed by atoms with van der Waals surface area (Å²) < 4.78 is 5.52. The fourth-order valence-electron chi connectivity index (χ4n) is 2.55. The van der Waals surface area contributed by atoms with E-state index in [9.17, 15) is 4.79 Å². The predicted molar refractivity (Wildman–Crippen MR) is 74.3 cm³/mol. The van der Waals surface area contributed by atoms with Crippen LogP contribution in [0.2, 0.25) is 0 Å². The molecule has 2 atom stereocenters. The molecule has 2 rings (SSSR count). The van der Waals surface area contributed by atoms with E-state index in [0.717, 1.165) is 32.1 Å². The topological polar surface area (TPSA) is 65.2 Å². The van der Waals surface area contributed by atoms with Crippen molar-refractivity contribution in [1.29, 1.82) is 0 Å². The Kier molecular flexibility index (Phi) is 4.91. The Hall–Kier alpha value is -1.42. The van der Waals surface area contributed by atoms with Gasteiger partial charge < -0.3 is 10.5 Å². The van der Waals surface area contributed by atoms with Crippen LogP contribution < -0.4 is 10.5 Å². The lowest BCUT2D eigenvalue weighted by molar-refractivity contribution is 0.0880. The molecule has 1 fully saturated rings. The van der Waals surface area contributed by atoms with Crippen molar-refractivity contribution in [3.63, 3.8) is 0 Å². The van der Waals surface area contributed by atoms with Gasteiger partial charge in [-0.05, 0) is 31.7 Å². The maximum atomic E-state index is 12.4. The Labute approximate surface area is 114 Å². The summed E-state index contributed by atoms with van der Waals surface area (Å²) in [4.78, 5) is 16.5. The summed E-state index contributed by atoms with van der Waals surface area (Å²) in [5.74, 6) is 0.879. The normalized spacial score (nSPS) is 23.1. The van der Waals surface area contributed by atoms with Gasteiger partial charge in [0.15, 0.2) is 5.78 Å². The van der Waals surface area contributed by atoms with Crippen molar-refractivity contribution in [3.05, 3.63) is 24.0 Å². The molecule has 0 aliphatic heterocycles. The number of aromatic nitrogens is 1. The minimum Gasteiger partial charge on any atom is -0.492 e. The lowest BCUT2D eigenvalue weighted by atomic mass is 9.82. The average molecular weight is 262 g/mol. The average Bonchev–Trinajstić information content (AvgIpc) is 2.44. The lowest BCUT2D eigenvalue weighted by Crippen LogP contribution is -2.31. The van der Waals surface area contributed by atoms with Crippen LogP contribution in [0.25, 0.3) is 0 Å². The van der Waals surface area contributed by atoms with E-state index >= 15 is 0 Å². The van der Waals surface area contributed by atoms with E-state index in [4.69, 9.17) is 10.5 Å². The molecule has 0 saturated heterocycles. The number of nitrogens with zero attached hydrogens (tertiary/aromatic N) is 1. The number of ether oxygens (including phenoxy) is 1. The molecule has 0 radical (unpaired) electrons. The molecule has 2 N–H and O–H groups in total. The first-order valence-electron chi connectivity index (χ1n) is 7.08. The summed E-state index contributed by atoms with van der Waals surface area (Å²) in [5.41, 5.74) is 6.59. The first-order valence-corrected chi connectivity index (χ1v) is 7.08. The fourth-order valence-corrected chi connectivity index (χ4v) is 2.55. The Balaban J connectivity index is 2.05. The number of rotatable bonds is 5. The van der Waals surface area contributed by atoms with Crippen LogP contribution in [0.3, 0.4) is 0 Å². The molecule has 104 valence electrons. The van der Waals surface area contributed by atoms with Crippen LogP contribution in [0.5, 0.6) is 5.75 Å². The number of hydrogen-bond acceptors (Lipinski definition) is 4. The molecule has 1 aromatic heterocycles. The van der Waals surface area contributed by atoms with Gasteiger partial charge in [0.2, 0.25) is 0 Å². The van der Waals surface area contributed by atoms with Crippen molar-refractivity contribution >= 4 is 5.78 Å². The van der Waals surface area contributed by atoms with Gasteiger partial charge in [-0.25, -0.2) is 0 Å². The number of hydrogen-bond donors (Lipinski definition) is 1. The molecule has 0 amide bonds. The lowest BCUT2D eigenvalue weighted by Gasteiger charge is -2.25. The van der Waals surface area contributed by atoms with Crippen LogP contribution in [0, 0.1) is 5.92 Å². The molecular formula is C15H22N2O2. The quantitative estimate of drug-likeness (QED) is 0.828. The molecular weight excluding hydrogens is 240 g/mol. The second kappa shape index (κ2) is 6.66. The molecule has 0 aromatic carbocycles. The number of ketones is 1. The summed E-state index contributed by atoms with van der Waals surface area (Å²) in [6.45, 7) is 2.69. The highest BCUT2D eigenvalue weighted by Crippen LogP contribution is 2.27. The number of carbonyl (C=O) groups is 1. The van der Waals surface area contributed by atoms with E-state index in [1.807, 2.05) is 6.92 Å². The van der Waals surface area contributed by atoms with Crippen LogP contribution >= 0.6 is 0 Å². The molecule has 0 bridgehead atoms. The van der Waals surface area contributed by atoms with Gasteiger partial charge in [-0.2, -0.15) is 0 Å². The number of nitrogens with two attached hydrogens (primary N) is 1. The van der Waals surface area contributed by atoms with Crippen molar-refractivity contribution < 1.29 is 9.53 Å². The number of carbonyl (C=O) groups excluding carboxylic acids is 1. The number of Topliss-reactive ketones (excluding diaryl/α,β-unsaturated/α-hetero) is 1. The highest BCUT2D eigenvalue weighted by molar-refractivity contribution is 5.97. The summed E-state index contributed by atoms with van der Waals surface area (Å²) in [7, 11) is 0. The second-order valence-electron chi connectivity index (χ2n) is 5.25. The van der Waals surface area contributed by atoms with Gasteiger partial charge in [-0.1, -0.05) is 13.3 Å².